The van der Waals surface area contributed by atoms with E-state index in [1.165, 1.54) is 9.75 Å². The summed E-state index contributed by atoms with van der Waals surface area (Å²) in [5, 5.41) is 5.75. The quantitative estimate of drug-likeness (QED) is 0.307. The predicted molar refractivity (Wildman–Crippen MR) is 112 cm³/mol. The molecule has 0 spiro atoms. The van der Waals surface area contributed by atoms with Crippen LogP contribution in [0, 0.1) is 0 Å². The third-order valence-electron chi connectivity index (χ3n) is 4.28. The molecule has 120 valence electrons. The van der Waals surface area contributed by atoms with E-state index in [-0.39, 0.29) is 5.43 Å². The minimum absolute atomic E-state index is 0.126. The fourth-order valence-electron chi connectivity index (χ4n) is 3.05. The monoisotopic (exact) mass is 376 g/mol. The van der Waals surface area contributed by atoms with Crippen molar-refractivity contribution in [3.63, 3.8) is 0 Å². The first-order chi connectivity index (χ1) is 12.3. The normalized spacial score (nSPS) is 11.4. The number of thiophene rings is 2. The minimum Gasteiger partial charge on any atom is -0.289 e. The Hall–Kier alpha value is -2.27. The summed E-state index contributed by atoms with van der Waals surface area (Å²) in [7, 11) is 0. The van der Waals surface area contributed by atoms with E-state index in [0.717, 1.165) is 31.3 Å². The third-order valence-corrected chi connectivity index (χ3v) is 7.27. The fourth-order valence-corrected chi connectivity index (χ4v) is 5.53. The van der Waals surface area contributed by atoms with E-state index in [2.05, 4.69) is 47.2 Å². The van der Waals surface area contributed by atoms with Gasteiger partial charge in [0.05, 0.1) is 0 Å². The van der Waals surface area contributed by atoms with Crippen molar-refractivity contribution in [2.24, 2.45) is 0 Å². The second kappa shape index (κ2) is 5.92. The van der Waals surface area contributed by atoms with Crippen molar-refractivity contribution >= 4 is 54.2 Å². The van der Waals surface area contributed by atoms with Gasteiger partial charge in [-0.3, -0.25) is 4.79 Å². The molecule has 0 aliphatic rings. The molecular weight excluding hydrogens is 364 g/mol. The van der Waals surface area contributed by atoms with Gasteiger partial charge in [-0.15, -0.1) is 34.0 Å². The Labute approximate surface area is 156 Å². The van der Waals surface area contributed by atoms with E-state index in [0.29, 0.717) is 0 Å². The molecular formula is C21H12OS3. The number of hydrogen-bond donors (Lipinski definition) is 0. The molecule has 0 unspecified atom stereocenters. The molecule has 5 aromatic rings. The summed E-state index contributed by atoms with van der Waals surface area (Å²) in [4.78, 5) is 15.5. The summed E-state index contributed by atoms with van der Waals surface area (Å²) in [6, 6.07) is 20.7. The van der Waals surface area contributed by atoms with Crippen molar-refractivity contribution < 1.29 is 0 Å². The second-order valence-electron chi connectivity index (χ2n) is 5.81. The lowest BCUT2D eigenvalue weighted by molar-refractivity contribution is 1.73. The number of hydrogen-bond acceptors (Lipinski definition) is 4. The minimum atomic E-state index is 0.126. The van der Waals surface area contributed by atoms with Gasteiger partial charge in [-0.25, -0.2) is 0 Å². The van der Waals surface area contributed by atoms with E-state index in [4.69, 9.17) is 0 Å². The van der Waals surface area contributed by atoms with Crippen LogP contribution in [0.5, 0.6) is 0 Å². The highest BCUT2D eigenvalue weighted by molar-refractivity contribution is 7.24. The van der Waals surface area contributed by atoms with E-state index < -0.39 is 0 Å². The summed E-state index contributed by atoms with van der Waals surface area (Å²) < 4.78 is 2.09. The number of benzene rings is 2. The molecule has 0 radical (unpaired) electrons. The molecule has 2 aromatic carbocycles. The third kappa shape index (κ3) is 2.54. The van der Waals surface area contributed by atoms with E-state index in [1.807, 2.05) is 24.3 Å². The van der Waals surface area contributed by atoms with Crippen molar-refractivity contribution in [1.82, 2.24) is 0 Å². The standard InChI is InChI=1S/C21H12OS3/c22-21-15-11-13(17-3-1-9-23-17)5-7-19(15)25-20-8-6-14(12-16(20)21)18-4-2-10-24-18/h1-12H. The van der Waals surface area contributed by atoms with Gasteiger partial charge >= 0.3 is 0 Å². The number of rotatable bonds is 2. The zero-order valence-corrected chi connectivity index (χ0v) is 15.5. The first-order valence-electron chi connectivity index (χ1n) is 7.88. The zero-order valence-electron chi connectivity index (χ0n) is 13.1. The van der Waals surface area contributed by atoms with Crippen molar-refractivity contribution in [2.75, 3.05) is 0 Å². The topological polar surface area (TPSA) is 17.1 Å². The van der Waals surface area contributed by atoms with Gasteiger partial charge in [0.25, 0.3) is 0 Å². The molecule has 1 nitrogen and oxygen atoms in total. The Kier molecular flexibility index (Phi) is 3.55. The molecule has 4 heteroatoms. The SMILES string of the molecule is O=c1c2cc(-c3cccs3)ccc2sc2ccc(-c3cccs3)cc12. The molecule has 0 atom stereocenters. The van der Waals surface area contributed by atoms with Crippen LogP contribution in [0.1, 0.15) is 0 Å². The Bertz CT molecular complexity index is 1150. The molecule has 0 saturated carbocycles. The van der Waals surface area contributed by atoms with Gasteiger partial charge in [-0.05, 0) is 58.3 Å². The van der Waals surface area contributed by atoms with Crippen LogP contribution < -0.4 is 5.43 Å². The zero-order chi connectivity index (χ0) is 16.8. The van der Waals surface area contributed by atoms with Gasteiger partial charge in [0.1, 0.15) is 0 Å². The summed E-state index contributed by atoms with van der Waals surface area (Å²) in [6.45, 7) is 0. The lowest BCUT2D eigenvalue weighted by Gasteiger charge is -2.05. The predicted octanol–water partition coefficient (Wildman–Crippen LogP) is 6.87. The van der Waals surface area contributed by atoms with Gasteiger partial charge in [0, 0.05) is 29.9 Å². The summed E-state index contributed by atoms with van der Waals surface area (Å²) >= 11 is 5.08. The summed E-state index contributed by atoms with van der Waals surface area (Å²) in [6.07, 6.45) is 0. The molecule has 5 rings (SSSR count). The summed E-state index contributed by atoms with van der Waals surface area (Å²) in [5.74, 6) is 0. The highest BCUT2D eigenvalue weighted by Crippen LogP contribution is 2.33. The van der Waals surface area contributed by atoms with Crippen LogP contribution in [0.4, 0.5) is 0 Å². The maximum atomic E-state index is 13.1. The van der Waals surface area contributed by atoms with Crippen LogP contribution in [0.3, 0.4) is 0 Å². The molecule has 0 aliphatic carbocycles. The number of fused-ring (bicyclic) bond motifs is 2. The highest BCUT2D eigenvalue weighted by Gasteiger charge is 2.10. The van der Waals surface area contributed by atoms with E-state index in [9.17, 15) is 4.79 Å². The Morgan fingerprint density at radius 2 is 1.16 bits per heavy atom. The molecule has 0 fully saturated rings. The Morgan fingerprint density at radius 1 is 0.640 bits per heavy atom. The molecule has 0 bridgehead atoms. The lowest BCUT2D eigenvalue weighted by atomic mass is 10.1. The maximum absolute atomic E-state index is 13.1. The van der Waals surface area contributed by atoms with Crippen molar-refractivity contribution in [2.45, 2.75) is 0 Å². The second-order valence-corrected chi connectivity index (χ2v) is 8.79. The molecule has 25 heavy (non-hydrogen) atoms. The van der Waals surface area contributed by atoms with Crippen molar-refractivity contribution in [1.29, 1.82) is 0 Å². The van der Waals surface area contributed by atoms with Crippen LogP contribution in [0.15, 0.2) is 76.2 Å². The first kappa shape index (κ1) is 15.0. The van der Waals surface area contributed by atoms with Gasteiger partial charge < -0.3 is 0 Å². The molecule has 3 aromatic heterocycles. The van der Waals surface area contributed by atoms with Gasteiger partial charge in [-0.2, -0.15) is 0 Å². The van der Waals surface area contributed by atoms with Crippen LogP contribution in [-0.4, -0.2) is 0 Å². The Balaban J connectivity index is 1.78. The van der Waals surface area contributed by atoms with E-state index in [1.54, 1.807) is 34.0 Å². The summed E-state index contributed by atoms with van der Waals surface area (Å²) in [5.41, 5.74) is 2.35. The van der Waals surface area contributed by atoms with Gasteiger partial charge in [-0.1, -0.05) is 24.3 Å². The average molecular weight is 377 g/mol. The van der Waals surface area contributed by atoms with Crippen molar-refractivity contribution in [3.8, 4) is 20.9 Å². The molecule has 3 heterocycles. The van der Waals surface area contributed by atoms with Crippen molar-refractivity contribution in [3.05, 3.63) is 81.6 Å². The largest absolute Gasteiger partial charge is 0.289 e. The maximum Gasteiger partial charge on any atom is 0.195 e. The van der Waals surface area contributed by atoms with Gasteiger partial charge in [0.2, 0.25) is 0 Å². The van der Waals surface area contributed by atoms with Crippen LogP contribution in [0.25, 0.3) is 41.1 Å². The first-order valence-corrected chi connectivity index (χ1v) is 10.5. The lowest BCUT2D eigenvalue weighted by Crippen LogP contribution is -2.01. The average Bonchev–Trinajstić information content (AvgIpc) is 3.35. The molecule has 0 saturated heterocycles. The van der Waals surface area contributed by atoms with Crippen LogP contribution >= 0.6 is 34.0 Å². The highest BCUT2D eigenvalue weighted by atomic mass is 32.1. The van der Waals surface area contributed by atoms with Crippen LogP contribution in [-0.2, 0) is 0 Å². The Morgan fingerprint density at radius 3 is 1.60 bits per heavy atom. The smallest absolute Gasteiger partial charge is 0.195 e. The van der Waals surface area contributed by atoms with Crippen LogP contribution in [0.2, 0.25) is 0 Å². The van der Waals surface area contributed by atoms with Gasteiger partial charge in [0.15, 0.2) is 5.43 Å². The molecule has 0 N–H and O–H groups in total. The van der Waals surface area contributed by atoms with E-state index >= 15 is 0 Å². The fraction of sp³-hybridized carbons (Fsp3) is 0. The molecule has 0 amide bonds. The molecule has 0 aliphatic heterocycles.